The van der Waals surface area contributed by atoms with Crippen LogP contribution in [0.5, 0.6) is 0 Å². The molecule has 0 radical (unpaired) electrons. The van der Waals surface area contributed by atoms with Gasteiger partial charge in [-0.3, -0.25) is 9.59 Å². The van der Waals surface area contributed by atoms with Gasteiger partial charge in [-0.2, -0.15) is 0 Å². The lowest BCUT2D eigenvalue weighted by atomic mass is 9.80. The van der Waals surface area contributed by atoms with E-state index in [1.54, 1.807) is 13.1 Å². The number of amides is 2. The predicted molar refractivity (Wildman–Crippen MR) is 156 cm³/mol. The number of aromatic nitrogens is 2. The highest BCUT2D eigenvalue weighted by atomic mass is 16.3. The molecule has 40 heavy (non-hydrogen) atoms. The molecular formula is C31H49N5O4. The van der Waals surface area contributed by atoms with E-state index < -0.39 is 36.2 Å². The van der Waals surface area contributed by atoms with E-state index in [0.717, 1.165) is 31.2 Å². The van der Waals surface area contributed by atoms with Crippen LogP contribution in [0.4, 0.5) is 0 Å². The summed E-state index contributed by atoms with van der Waals surface area (Å²) in [5, 5.41) is 27.7. The van der Waals surface area contributed by atoms with Crippen molar-refractivity contribution in [2.24, 2.45) is 23.5 Å². The number of carbonyl (C=O) groups excluding carboxylic acids is 2. The first-order valence-electron chi connectivity index (χ1n) is 14.9. The number of rotatable bonds is 15. The Balaban J connectivity index is 1.75. The van der Waals surface area contributed by atoms with Gasteiger partial charge < -0.3 is 31.6 Å². The molecule has 0 saturated heterocycles. The van der Waals surface area contributed by atoms with E-state index in [0.29, 0.717) is 30.9 Å². The molecule has 1 fully saturated rings. The van der Waals surface area contributed by atoms with Crippen LogP contribution >= 0.6 is 0 Å². The van der Waals surface area contributed by atoms with E-state index in [2.05, 4.69) is 20.6 Å². The number of imidazole rings is 1. The number of benzene rings is 1. The van der Waals surface area contributed by atoms with Crippen LogP contribution in [0.2, 0.25) is 0 Å². The van der Waals surface area contributed by atoms with Crippen LogP contribution in [-0.2, 0) is 22.4 Å². The van der Waals surface area contributed by atoms with Crippen LogP contribution < -0.4 is 16.4 Å². The molecule has 1 saturated carbocycles. The lowest BCUT2D eigenvalue weighted by molar-refractivity contribution is -0.130. The van der Waals surface area contributed by atoms with Crippen molar-refractivity contribution >= 4 is 11.8 Å². The fourth-order valence-corrected chi connectivity index (χ4v) is 5.91. The Morgan fingerprint density at radius 2 is 1.73 bits per heavy atom. The molecule has 1 aliphatic carbocycles. The number of nitrogens with zero attached hydrogens (tertiary/aromatic N) is 1. The number of carbonyl (C=O) groups is 2. The van der Waals surface area contributed by atoms with E-state index in [1.807, 2.05) is 44.2 Å². The Morgan fingerprint density at radius 3 is 2.33 bits per heavy atom. The van der Waals surface area contributed by atoms with Gasteiger partial charge >= 0.3 is 0 Å². The second-order valence-electron chi connectivity index (χ2n) is 11.9. The number of aliphatic hydroxyl groups is 2. The largest absolute Gasteiger partial charge is 0.393 e. The second kappa shape index (κ2) is 15.9. The maximum absolute atomic E-state index is 13.7. The third kappa shape index (κ3) is 10.0. The molecule has 1 aliphatic rings. The fraction of sp³-hybridized carbons (Fsp3) is 0.645. The molecule has 1 aromatic carbocycles. The van der Waals surface area contributed by atoms with Crippen LogP contribution in [0.25, 0.3) is 0 Å². The highest BCUT2D eigenvalue weighted by Gasteiger charge is 2.33. The van der Waals surface area contributed by atoms with Gasteiger partial charge in [0.2, 0.25) is 11.8 Å². The first-order valence-corrected chi connectivity index (χ1v) is 14.9. The molecule has 6 atom stereocenters. The van der Waals surface area contributed by atoms with Crippen molar-refractivity contribution in [3.8, 4) is 0 Å². The highest BCUT2D eigenvalue weighted by molar-refractivity contribution is 5.90. The number of hydrogen-bond acceptors (Lipinski definition) is 6. The summed E-state index contributed by atoms with van der Waals surface area (Å²) in [6.07, 6.45) is 9.05. The molecule has 9 nitrogen and oxygen atoms in total. The van der Waals surface area contributed by atoms with Gasteiger partial charge in [-0.05, 0) is 49.5 Å². The summed E-state index contributed by atoms with van der Waals surface area (Å²) < 4.78 is 0. The molecule has 1 unspecified atom stereocenters. The molecule has 2 aromatic rings. The van der Waals surface area contributed by atoms with Gasteiger partial charge in [0.05, 0.1) is 30.6 Å². The van der Waals surface area contributed by atoms with Crippen LogP contribution in [0.3, 0.4) is 0 Å². The van der Waals surface area contributed by atoms with Crippen molar-refractivity contribution in [3.63, 3.8) is 0 Å². The van der Waals surface area contributed by atoms with E-state index in [1.165, 1.54) is 12.7 Å². The van der Waals surface area contributed by atoms with E-state index in [4.69, 9.17) is 5.73 Å². The van der Waals surface area contributed by atoms with Crippen molar-refractivity contribution in [3.05, 3.63) is 54.1 Å². The summed E-state index contributed by atoms with van der Waals surface area (Å²) in [5.41, 5.74) is 7.87. The SMILES string of the molecule is CC(C)[C@H](C[C@H](O)[C@H](CC1CCCCC1)NC(=O)[C@H](Cc1cnc[nH]1)NC(=O)[C@@H](N)Cc1ccccc1)C(C)O. The molecule has 0 bridgehead atoms. The Hall–Kier alpha value is -2.75. The van der Waals surface area contributed by atoms with E-state index in [-0.39, 0.29) is 24.2 Å². The molecule has 7 N–H and O–H groups in total. The maximum atomic E-state index is 13.7. The molecule has 3 rings (SSSR count). The first-order chi connectivity index (χ1) is 19.1. The highest BCUT2D eigenvalue weighted by Crippen LogP contribution is 2.30. The average molecular weight is 556 g/mol. The molecule has 0 spiro atoms. The standard InChI is InChI=1S/C31H49N5O4/c1-20(2)25(21(3)37)17-29(38)27(15-23-12-8-5-9-13-23)35-31(40)28(16-24-18-33-19-34-24)36-30(39)26(32)14-22-10-6-4-7-11-22/h4,6-7,10-11,18-21,23,25-29,37-38H,5,8-9,12-17,32H2,1-3H3,(H,33,34)(H,35,40)(H,36,39)/t21?,25-,26-,27-,28-,29-/m0/s1. The van der Waals surface area contributed by atoms with E-state index >= 15 is 0 Å². The summed E-state index contributed by atoms with van der Waals surface area (Å²) in [6.45, 7) is 5.82. The third-order valence-corrected chi connectivity index (χ3v) is 8.34. The van der Waals surface area contributed by atoms with Gasteiger partial charge in [-0.1, -0.05) is 76.3 Å². The smallest absolute Gasteiger partial charge is 0.243 e. The molecule has 9 heteroatoms. The van der Waals surface area contributed by atoms with Crippen LogP contribution in [0.15, 0.2) is 42.9 Å². The van der Waals surface area contributed by atoms with Crippen molar-refractivity contribution < 1.29 is 19.8 Å². The zero-order chi connectivity index (χ0) is 29.1. The van der Waals surface area contributed by atoms with Gasteiger partial charge in [0, 0.05) is 18.3 Å². The minimum absolute atomic E-state index is 0.0998. The molecule has 1 aromatic heterocycles. The van der Waals surface area contributed by atoms with Crippen molar-refractivity contribution in [1.82, 2.24) is 20.6 Å². The quantitative estimate of drug-likeness (QED) is 0.199. The molecule has 222 valence electrons. The van der Waals surface area contributed by atoms with Gasteiger partial charge in [0.15, 0.2) is 0 Å². The average Bonchev–Trinajstić information content (AvgIpc) is 3.44. The monoisotopic (exact) mass is 555 g/mol. The summed E-state index contributed by atoms with van der Waals surface area (Å²) >= 11 is 0. The number of hydrogen-bond donors (Lipinski definition) is 6. The summed E-state index contributed by atoms with van der Waals surface area (Å²) in [5.74, 6) is -0.288. The van der Waals surface area contributed by atoms with E-state index in [9.17, 15) is 19.8 Å². The van der Waals surface area contributed by atoms with Gasteiger partial charge in [-0.25, -0.2) is 4.98 Å². The molecular weight excluding hydrogens is 506 g/mol. The zero-order valence-corrected chi connectivity index (χ0v) is 24.3. The minimum atomic E-state index is -0.895. The lowest BCUT2D eigenvalue weighted by Gasteiger charge is -2.34. The van der Waals surface area contributed by atoms with Gasteiger partial charge in [0.25, 0.3) is 0 Å². The second-order valence-corrected chi connectivity index (χ2v) is 11.9. The number of nitrogens with two attached hydrogens (primary N) is 1. The van der Waals surface area contributed by atoms with Gasteiger partial charge in [-0.15, -0.1) is 0 Å². The maximum Gasteiger partial charge on any atom is 0.243 e. The Morgan fingerprint density at radius 1 is 1.02 bits per heavy atom. The van der Waals surface area contributed by atoms with Crippen molar-refractivity contribution in [2.45, 2.75) is 109 Å². The zero-order valence-electron chi connectivity index (χ0n) is 24.3. The Bertz CT molecular complexity index is 1000. The number of aromatic amines is 1. The summed E-state index contributed by atoms with van der Waals surface area (Å²) in [7, 11) is 0. The molecule has 0 aliphatic heterocycles. The molecule has 1 heterocycles. The summed E-state index contributed by atoms with van der Waals surface area (Å²) in [4.78, 5) is 33.9. The normalized spacial score (nSPS) is 18.9. The Kier molecular flexibility index (Phi) is 12.6. The third-order valence-electron chi connectivity index (χ3n) is 8.34. The first kappa shape index (κ1) is 31.8. The minimum Gasteiger partial charge on any atom is -0.393 e. The predicted octanol–water partition coefficient (Wildman–Crippen LogP) is 2.87. The topological polar surface area (TPSA) is 153 Å². The van der Waals surface area contributed by atoms with Gasteiger partial charge in [0.1, 0.15) is 6.04 Å². The van der Waals surface area contributed by atoms with Crippen molar-refractivity contribution in [1.29, 1.82) is 0 Å². The fourth-order valence-electron chi connectivity index (χ4n) is 5.91. The lowest BCUT2D eigenvalue weighted by Crippen LogP contribution is -2.56. The van der Waals surface area contributed by atoms with Crippen LogP contribution in [0.1, 0.15) is 77.0 Å². The summed E-state index contributed by atoms with van der Waals surface area (Å²) in [6, 6.07) is 7.32. The number of nitrogens with one attached hydrogen (secondary N) is 3. The van der Waals surface area contributed by atoms with Crippen molar-refractivity contribution in [2.75, 3.05) is 0 Å². The number of H-pyrrole nitrogens is 1. The van der Waals surface area contributed by atoms with Crippen LogP contribution in [-0.4, -0.2) is 62.3 Å². The Labute approximate surface area is 238 Å². The molecule has 2 amide bonds. The number of aliphatic hydroxyl groups excluding tert-OH is 2. The van der Waals surface area contributed by atoms with Crippen LogP contribution in [0, 0.1) is 17.8 Å².